The van der Waals surface area contributed by atoms with Crippen molar-refractivity contribution in [1.82, 2.24) is 5.43 Å². The molecule has 4 aromatic carbocycles. The van der Waals surface area contributed by atoms with Crippen molar-refractivity contribution in [3.8, 4) is 5.75 Å². The number of hydrogen-bond acceptors (Lipinski definition) is 5. The SMILES string of the molecule is O=C(Oc1ccc(Br)cc1/C=N\NC(=O)C(O)(c1ccccc1)c1ccccc1)c1ccccc1Cl. The van der Waals surface area contributed by atoms with E-state index >= 15 is 0 Å². The molecule has 0 spiro atoms. The number of hydrogen-bond donors (Lipinski definition) is 2. The molecule has 180 valence electrons. The Labute approximate surface area is 221 Å². The van der Waals surface area contributed by atoms with Crippen molar-refractivity contribution >= 4 is 45.6 Å². The van der Waals surface area contributed by atoms with Crippen molar-refractivity contribution < 1.29 is 19.4 Å². The average Bonchev–Trinajstić information content (AvgIpc) is 2.90. The molecule has 8 heteroatoms. The second-order valence-electron chi connectivity index (χ2n) is 7.69. The molecule has 0 aliphatic heterocycles. The number of halogens is 2. The largest absolute Gasteiger partial charge is 0.422 e. The maximum Gasteiger partial charge on any atom is 0.345 e. The van der Waals surface area contributed by atoms with E-state index in [1.54, 1.807) is 103 Å². The molecular formula is C28H20BrClN2O4. The quantitative estimate of drug-likeness (QED) is 0.131. The van der Waals surface area contributed by atoms with Crippen molar-refractivity contribution in [1.29, 1.82) is 0 Å². The van der Waals surface area contributed by atoms with E-state index in [-0.39, 0.29) is 16.3 Å². The zero-order valence-electron chi connectivity index (χ0n) is 18.8. The molecule has 0 atom stereocenters. The molecule has 0 saturated heterocycles. The van der Waals surface area contributed by atoms with Gasteiger partial charge in [-0.05, 0) is 41.5 Å². The third kappa shape index (κ3) is 5.54. The highest BCUT2D eigenvalue weighted by Gasteiger charge is 2.39. The monoisotopic (exact) mass is 562 g/mol. The van der Waals surface area contributed by atoms with E-state index in [4.69, 9.17) is 16.3 Å². The van der Waals surface area contributed by atoms with E-state index < -0.39 is 17.5 Å². The van der Waals surface area contributed by atoms with Crippen molar-refractivity contribution in [3.05, 3.63) is 135 Å². The summed E-state index contributed by atoms with van der Waals surface area (Å²) >= 11 is 9.49. The number of ether oxygens (including phenoxy) is 1. The highest BCUT2D eigenvalue weighted by molar-refractivity contribution is 9.10. The maximum atomic E-state index is 13.2. The van der Waals surface area contributed by atoms with E-state index in [2.05, 4.69) is 26.5 Å². The Balaban J connectivity index is 1.59. The Kier molecular flexibility index (Phi) is 7.95. The fourth-order valence-corrected chi connectivity index (χ4v) is 4.12. The number of nitrogens with one attached hydrogen (secondary N) is 1. The highest BCUT2D eigenvalue weighted by Crippen LogP contribution is 2.30. The van der Waals surface area contributed by atoms with Gasteiger partial charge in [-0.2, -0.15) is 5.10 Å². The van der Waals surface area contributed by atoms with Crippen LogP contribution in [0.3, 0.4) is 0 Å². The topological polar surface area (TPSA) is 88.0 Å². The van der Waals surface area contributed by atoms with Crippen LogP contribution in [0.15, 0.2) is 113 Å². The highest BCUT2D eigenvalue weighted by atomic mass is 79.9. The summed E-state index contributed by atoms with van der Waals surface area (Å²) in [6.07, 6.45) is 1.33. The van der Waals surface area contributed by atoms with E-state index in [1.165, 1.54) is 6.21 Å². The smallest absolute Gasteiger partial charge is 0.345 e. The molecule has 0 heterocycles. The van der Waals surface area contributed by atoms with Gasteiger partial charge in [-0.3, -0.25) is 4.79 Å². The minimum absolute atomic E-state index is 0.211. The molecular weight excluding hydrogens is 544 g/mol. The zero-order valence-corrected chi connectivity index (χ0v) is 21.1. The maximum absolute atomic E-state index is 13.2. The summed E-state index contributed by atoms with van der Waals surface area (Å²) < 4.78 is 6.24. The predicted molar refractivity (Wildman–Crippen MR) is 142 cm³/mol. The van der Waals surface area contributed by atoms with Crippen molar-refractivity contribution in [2.24, 2.45) is 5.10 Å². The van der Waals surface area contributed by atoms with E-state index in [1.807, 2.05) is 0 Å². The molecule has 4 rings (SSSR count). The minimum atomic E-state index is -1.98. The van der Waals surface area contributed by atoms with Crippen LogP contribution in [0.4, 0.5) is 0 Å². The van der Waals surface area contributed by atoms with Gasteiger partial charge >= 0.3 is 5.97 Å². The molecule has 4 aromatic rings. The van der Waals surface area contributed by atoms with Crippen LogP contribution < -0.4 is 10.2 Å². The molecule has 0 aliphatic carbocycles. The van der Waals surface area contributed by atoms with Gasteiger partial charge in [0.05, 0.1) is 16.8 Å². The number of esters is 1. The van der Waals surface area contributed by atoms with Crippen LogP contribution in [0, 0.1) is 0 Å². The number of carbonyl (C=O) groups is 2. The lowest BCUT2D eigenvalue weighted by Gasteiger charge is -2.27. The Morgan fingerprint density at radius 1 is 0.889 bits per heavy atom. The minimum Gasteiger partial charge on any atom is -0.422 e. The summed E-state index contributed by atoms with van der Waals surface area (Å²) in [5.41, 5.74) is 1.84. The van der Waals surface area contributed by atoms with Gasteiger partial charge in [0.2, 0.25) is 0 Å². The number of amides is 1. The molecule has 0 unspecified atom stereocenters. The molecule has 6 nitrogen and oxygen atoms in total. The number of carbonyl (C=O) groups excluding carboxylic acids is 2. The van der Waals surface area contributed by atoms with E-state index in [9.17, 15) is 14.7 Å². The van der Waals surface area contributed by atoms with Gasteiger partial charge in [0.1, 0.15) is 5.75 Å². The van der Waals surface area contributed by atoms with E-state index in [0.717, 1.165) is 0 Å². The molecule has 1 amide bonds. The molecule has 0 bridgehead atoms. The third-order valence-electron chi connectivity index (χ3n) is 5.35. The van der Waals surface area contributed by atoms with Gasteiger partial charge in [0, 0.05) is 10.0 Å². The molecule has 0 radical (unpaired) electrons. The van der Waals surface area contributed by atoms with Gasteiger partial charge in [0.25, 0.3) is 5.91 Å². The van der Waals surface area contributed by atoms with Crippen LogP contribution in [-0.4, -0.2) is 23.2 Å². The number of rotatable bonds is 7. The lowest BCUT2D eigenvalue weighted by molar-refractivity contribution is -0.136. The lowest BCUT2D eigenvalue weighted by atomic mass is 9.85. The Hall–Kier alpha value is -3.78. The average molecular weight is 564 g/mol. The fraction of sp³-hybridized carbons (Fsp3) is 0.0357. The predicted octanol–water partition coefficient (Wildman–Crippen LogP) is 5.71. The lowest BCUT2D eigenvalue weighted by Crippen LogP contribution is -2.43. The van der Waals surface area contributed by atoms with Gasteiger partial charge in [-0.1, -0.05) is 100 Å². The first-order chi connectivity index (χ1) is 17.4. The first-order valence-corrected chi connectivity index (χ1v) is 12.0. The molecule has 0 aliphatic rings. The second-order valence-corrected chi connectivity index (χ2v) is 9.02. The fourth-order valence-electron chi connectivity index (χ4n) is 3.52. The van der Waals surface area contributed by atoms with Gasteiger partial charge in [0.15, 0.2) is 5.60 Å². The van der Waals surface area contributed by atoms with Crippen LogP contribution in [0.5, 0.6) is 5.75 Å². The number of nitrogens with zero attached hydrogens (tertiary/aromatic N) is 1. The van der Waals surface area contributed by atoms with Crippen LogP contribution >= 0.6 is 27.5 Å². The summed E-state index contributed by atoms with van der Waals surface area (Å²) in [6, 6.07) is 28.7. The molecule has 2 N–H and O–H groups in total. The standard InChI is InChI=1S/C28H20BrClN2O4/c29-22-15-16-25(36-26(33)23-13-7-8-14-24(23)30)19(17-22)18-31-32-27(34)28(35,20-9-3-1-4-10-20)21-11-5-2-6-12-21/h1-18,35H,(H,32,34)/b31-18-. The molecule has 0 saturated carbocycles. The molecule has 0 fully saturated rings. The van der Waals surface area contributed by atoms with Crippen LogP contribution in [0.1, 0.15) is 27.0 Å². The summed E-state index contributed by atoms with van der Waals surface area (Å²) in [4.78, 5) is 25.9. The summed E-state index contributed by atoms with van der Waals surface area (Å²) in [5, 5.41) is 15.8. The normalized spacial score (nSPS) is 11.3. The summed E-state index contributed by atoms with van der Waals surface area (Å²) in [7, 11) is 0. The van der Waals surface area contributed by atoms with Crippen molar-refractivity contribution in [2.45, 2.75) is 5.60 Å². The van der Waals surface area contributed by atoms with Gasteiger partial charge < -0.3 is 9.84 Å². The van der Waals surface area contributed by atoms with Gasteiger partial charge in [-0.15, -0.1) is 0 Å². The van der Waals surface area contributed by atoms with Crippen LogP contribution in [0.25, 0.3) is 0 Å². The number of hydrazone groups is 1. The molecule has 36 heavy (non-hydrogen) atoms. The third-order valence-corrected chi connectivity index (χ3v) is 6.17. The Morgan fingerprint density at radius 3 is 2.08 bits per heavy atom. The van der Waals surface area contributed by atoms with Crippen molar-refractivity contribution in [3.63, 3.8) is 0 Å². The first-order valence-electron chi connectivity index (χ1n) is 10.8. The second kappa shape index (κ2) is 11.3. The van der Waals surface area contributed by atoms with Gasteiger partial charge in [-0.25, -0.2) is 10.2 Å². The zero-order chi connectivity index (χ0) is 25.5. The summed E-state index contributed by atoms with van der Waals surface area (Å²) in [6.45, 7) is 0. The first kappa shape index (κ1) is 25.3. The van der Waals surface area contributed by atoms with Crippen LogP contribution in [0.2, 0.25) is 5.02 Å². The van der Waals surface area contributed by atoms with Crippen LogP contribution in [-0.2, 0) is 10.4 Å². The summed E-state index contributed by atoms with van der Waals surface area (Å²) in [5.74, 6) is -1.17. The Morgan fingerprint density at radius 2 is 1.47 bits per heavy atom. The molecule has 0 aromatic heterocycles. The van der Waals surface area contributed by atoms with Crippen molar-refractivity contribution in [2.75, 3.05) is 0 Å². The number of benzene rings is 4. The Bertz CT molecular complexity index is 1370. The van der Waals surface area contributed by atoms with E-state index in [0.29, 0.717) is 21.2 Å². The number of aliphatic hydroxyl groups is 1.